The standard InChI is InChI=1S/C12H21N5O3/c1-12(2,3)20-11(18)16-7-9(6-10(16)8-19-13)17-14-4-5-15-17/h4-5,9-10H,6-8,13H2,1-3H3/t9-,10-/m0/s1. The number of amides is 1. The maximum absolute atomic E-state index is 12.2. The topological polar surface area (TPSA) is 95.5 Å². The second-order valence-electron chi connectivity index (χ2n) is 5.86. The van der Waals surface area contributed by atoms with E-state index in [-0.39, 0.29) is 24.8 Å². The van der Waals surface area contributed by atoms with Gasteiger partial charge in [0.15, 0.2) is 0 Å². The molecule has 1 aromatic rings. The molecule has 2 N–H and O–H groups in total. The van der Waals surface area contributed by atoms with Crippen molar-refractivity contribution in [3.05, 3.63) is 12.4 Å². The van der Waals surface area contributed by atoms with Gasteiger partial charge in [-0.25, -0.2) is 10.7 Å². The van der Waals surface area contributed by atoms with Crippen LogP contribution in [-0.2, 0) is 9.57 Å². The molecule has 0 unspecified atom stereocenters. The van der Waals surface area contributed by atoms with E-state index >= 15 is 0 Å². The molecule has 8 heteroatoms. The molecule has 0 aliphatic carbocycles. The molecule has 0 spiro atoms. The van der Waals surface area contributed by atoms with Crippen molar-refractivity contribution in [1.29, 1.82) is 0 Å². The SMILES string of the molecule is CC(C)(C)OC(=O)N1C[C@@H](n2nccn2)C[C@H]1CON. The Morgan fingerprint density at radius 2 is 2.05 bits per heavy atom. The van der Waals surface area contributed by atoms with Gasteiger partial charge in [-0.15, -0.1) is 0 Å². The van der Waals surface area contributed by atoms with Crippen LogP contribution >= 0.6 is 0 Å². The second-order valence-corrected chi connectivity index (χ2v) is 5.86. The summed E-state index contributed by atoms with van der Waals surface area (Å²) in [6.45, 7) is 6.25. The van der Waals surface area contributed by atoms with E-state index in [1.807, 2.05) is 20.8 Å². The zero-order valence-corrected chi connectivity index (χ0v) is 12.0. The lowest BCUT2D eigenvalue weighted by Crippen LogP contribution is -2.42. The predicted molar refractivity (Wildman–Crippen MR) is 70.5 cm³/mol. The van der Waals surface area contributed by atoms with Gasteiger partial charge in [-0.1, -0.05) is 0 Å². The number of aromatic nitrogens is 3. The first-order valence-electron chi connectivity index (χ1n) is 6.58. The van der Waals surface area contributed by atoms with Crippen LogP contribution in [0.5, 0.6) is 0 Å². The third kappa shape index (κ3) is 3.45. The van der Waals surface area contributed by atoms with Gasteiger partial charge in [0.2, 0.25) is 0 Å². The normalized spacial score (nSPS) is 23.1. The van der Waals surface area contributed by atoms with Gasteiger partial charge in [0.25, 0.3) is 0 Å². The van der Waals surface area contributed by atoms with E-state index in [9.17, 15) is 4.79 Å². The fourth-order valence-electron chi connectivity index (χ4n) is 2.29. The smallest absolute Gasteiger partial charge is 0.410 e. The Morgan fingerprint density at radius 1 is 1.40 bits per heavy atom. The van der Waals surface area contributed by atoms with E-state index in [1.165, 1.54) is 0 Å². The van der Waals surface area contributed by atoms with Gasteiger partial charge in [-0.3, -0.25) is 0 Å². The minimum Gasteiger partial charge on any atom is -0.444 e. The molecular weight excluding hydrogens is 262 g/mol. The molecule has 112 valence electrons. The Bertz CT molecular complexity index is 442. The van der Waals surface area contributed by atoms with Crippen LogP contribution in [0.25, 0.3) is 0 Å². The van der Waals surface area contributed by atoms with Crippen molar-refractivity contribution in [3.63, 3.8) is 0 Å². The van der Waals surface area contributed by atoms with Crippen molar-refractivity contribution in [2.45, 2.75) is 44.9 Å². The monoisotopic (exact) mass is 283 g/mol. The highest BCUT2D eigenvalue weighted by atomic mass is 16.6. The predicted octanol–water partition coefficient (Wildman–Crippen LogP) is 0.719. The number of carbonyl (C=O) groups is 1. The molecule has 0 aromatic carbocycles. The van der Waals surface area contributed by atoms with Crippen LogP contribution in [0.4, 0.5) is 4.79 Å². The lowest BCUT2D eigenvalue weighted by Gasteiger charge is -2.27. The summed E-state index contributed by atoms with van der Waals surface area (Å²) in [6.07, 6.45) is 3.55. The minimum atomic E-state index is -0.534. The second kappa shape index (κ2) is 5.76. The number of hydrogen-bond acceptors (Lipinski definition) is 6. The van der Waals surface area contributed by atoms with Gasteiger partial charge in [0.05, 0.1) is 31.1 Å². The molecule has 1 aliphatic rings. The van der Waals surface area contributed by atoms with Crippen molar-refractivity contribution < 1.29 is 14.4 Å². The van der Waals surface area contributed by atoms with E-state index in [2.05, 4.69) is 10.2 Å². The Hall–Kier alpha value is -1.67. The Labute approximate surface area is 117 Å². The zero-order valence-electron chi connectivity index (χ0n) is 12.0. The van der Waals surface area contributed by atoms with Gasteiger partial charge in [0, 0.05) is 6.54 Å². The van der Waals surface area contributed by atoms with Crippen LogP contribution in [0.15, 0.2) is 12.4 Å². The Balaban J connectivity index is 2.07. The lowest BCUT2D eigenvalue weighted by atomic mass is 10.2. The van der Waals surface area contributed by atoms with E-state index in [1.54, 1.807) is 22.1 Å². The van der Waals surface area contributed by atoms with E-state index in [0.717, 1.165) is 0 Å². The molecule has 2 heterocycles. The molecular formula is C12H21N5O3. The van der Waals surface area contributed by atoms with Crippen molar-refractivity contribution >= 4 is 6.09 Å². The van der Waals surface area contributed by atoms with Crippen molar-refractivity contribution in [2.75, 3.05) is 13.2 Å². The van der Waals surface area contributed by atoms with Crippen LogP contribution in [0, 0.1) is 0 Å². The average Bonchev–Trinajstić information content (AvgIpc) is 2.94. The number of likely N-dealkylation sites (tertiary alicyclic amines) is 1. The maximum Gasteiger partial charge on any atom is 0.410 e. The quantitative estimate of drug-likeness (QED) is 0.821. The van der Waals surface area contributed by atoms with Crippen molar-refractivity contribution in [3.8, 4) is 0 Å². The highest BCUT2D eigenvalue weighted by molar-refractivity contribution is 5.69. The zero-order chi connectivity index (χ0) is 14.8. The molecule has 1 aromatic heterocycles. The summed E-state index contributed by atoms with van der Waals surface area (Å²) in [6, 6.07) is -0.122. The number of hydrogen-bond donors (Lipinski definition) is 1. The first-order valence-corrected chi connectivity index (χ1v) is 6.58. The molecule has 20 heavy (non-hydrogen) atoms. The van der Waals surface area contributed by atoms with Gasteiger partial charge >= 0.3 is 6.09 Å². The molecule has 2 rings (SSSR count). The molecule has 1 aliphatic heterocycles. The fourth-order valence-corrected chi connectivity index (χ4v) is 2.29. The number of nitrogens with two attached hydrogens (primary N) is 1. The third-order valence-corrected chi connectivity index (χ3v) is 3.07. The van der Waals surface area contributed by atoms with E-state index in [0.29, 0.717) is 13.0 Å². The molecule has 1 saturated heterocycles. The van der Waals surface area contributed by atoms with Crippen LogP contribution in [0.1, 0.15) is 33.2 Å². The number of ether oxygens (including phenoxy) is 1. The number of carbonyl (C=O) groups excluding carboxylic acids is 1. The number of rotatable bonds is 3. The summed E-state index contributed by atoms with van der Waals surface area (Å²) < 4.78 is 5.40. The van der Waals surface area contributed by atoms with Crippen LogP contribution in [0.3, 0.4) is 0 Å². The van der Waals surface area contributed by atoms with Crippen LogP contribution in [-0.4, -0.2) is 50.8 Å². The highest BCUT2D eigenvalue weighted by Gasteiger charge is 2.39. The van der Waals surface area contributed by atoms with Gasteiger partial charge in [-0.05, 0) is 27.2 Å². The van der Waals surface area contributed by atoms with Gasteiger partial charge in [-0.2, -0.15) is 15.0 Å². The summed E-state index contributed by atoms with van der Waals surface area (Å²) >= 11 is 0. The summed E-state index contributed by atoms with van der Waals surface area (Å²) in [5.74, 6) is 5.15. The Kier molecular flexibility index (Phi) is 4.24. The Morgan fingerprint density at radius 3 is 2.60 bits per heavy atom. The summed E-state index contributed by atoms with van der Waals surface area (Å²) in [4.78, 5) is 20.2. The number of nitrogens with zero attached hydrogens (tertiary/aromatic N) is 4. The highest BCUT2D eigenvalue weighted by Crippen LogP contribution is 2.27. The lowest BCUT2D eigenvalue weighted by molar-refractivity contribution is 0.0103. The molecule has 8 nitrogen and oxygen atoms in total. The van der Waals surface area contributed by atoms with Crippen molar-refractivity contribution in [1.82, 2.24) is 19.9 Å². The molecule has 1 amide bonds. The summed E-state index contributed by atoms with van der Waals surface area (Å²) in [5, 5.41) is 8.23. The van der Waals surface area contributed by atoms with Gasteiger partial charge in [0.1, 0.15) is 5.60 Å². The minimum absolute atomic E-state index is 0.0117. The first-order chi connectivity index (χ1) is 9.40. The largest absolute Gasteiger partial charge is 0.444 e. The van der Waals surface area contributed by atoms with Crippen LogP contribution in [0.2, 0.25) is 0 Å². The van der Waals surface area contributed by atoms with E-state index in [4.69, 9.17) is 15.5 Å². The molecule has 0 radical (unpaired) electrons. The fraction of sp³-hybridized carbons (Fsp3) is 0.750. The summed E-state index contributed by atoms with van der Waals surface area (Å²) in [7, 11) is 0. The first kappa shape index (κ1) is 14.7. The molecule has 0 saturated carbocycles. The summed E-state index contributed by atoms with van der Waals surface area (Å²) in [5.41, 5.74) is -0.534. The molecule has 2 atom stereocenters. The third-order valence-electron chi connectivity index (χ3n) is 3.07. The van der Waals surface area contributed by atoms with Crippen LogP contribution < -0.4 is 5.90 Å². The molecule has 0 bridgehead atoms. The van der Waals surface area contributed by atoms with Gasteiger partial charge < -0.3 is 14.5 Å². The van der Waals surface area contributed by atoms with Crippen molar-refractivity contribution in [2.24, 2.45) is 5.90 Å². The maximum atomic E-state index is 12.2. The average molecular weight is 283 g/mol. The molecule has 1 fully saturated rings. The van der Waals surface area contributed by atoms with E-state index < -0.39 is 5.60 Å².